The zero-order valence-electron chi connectivity index (χ0n) is 11.1. The van der Waals surface area contributed by atoms with Gasteiger partial charge in [0.1, 0.15) is 11.5 Å². The van der Waals surface area contributed by atoms with Gasteiger partial charge >= 0.3 is 0 Å². The number of para-hydroxylation sites is 1. The van der Waals surface area contributed by atoms with E-state index in [1.165, 1.54) is 6.42 Å². The second kappa shape index (κ2) is 6.48. The highest BCUT2D eigenvalue weighted by atomic mass is 32.2. The molecule has 0 aromatic heterocycles. The van der Waals surface area contributed by atoms with E-state index in [1.807, 2.05) is 54.6 Å². The summed E-state index contributed by atoms with van der Waals surface area (Å²) in [7, 11) is 0. The molecule has 20 heavy (non-hydrogen) atoms. The maximum Gasteiger partial charge on any atom is 0.161 e. The van der Waals surface area contributed by atoms with Crippen LogP contribution in [0.1, 0.15) is 6.42 Å². The second-order valence-electron chi connectivity index (χ2n) is 4.45. The Hall–Kier alpha value is -1.94. The van der Waals surface area contributed by atoms with Crippen LogP contribution >= 0.6 is 11.8 Å². The fraction of sp³-hybridized carbons (Fsp3) is 0.188. The largest absolute Gasteiger partial charge is 0.457 e. The highest BCUT2D eigenvalue weighted by Crippen LogP contribution is 2.23. The van der Waals surface area contributed by atoms with Gasteiger partial charge in [-0.3, -0.25) is 4.99 Å². The standard InChI is InChI=1S/C16H16N2OS/c1-2-5-14(6-3-1)19-15-9-7-13(8-10-15)18-16-17-11-4-12-20-16/h1-3,5-10H,4,11-12H2,(H,17,18). The highest BCUT2D eigenvalue weighted by molar-refractivity contribution is 8.14. The number of thioether (sulfide) groups is 1. The van der Waals surface area contributed by atoms with Crippen molar-refractivity contribution < 1.29 is 4.74 Å². The van der Waals surface area contributed by atoms with Gasteiger partial charge in [-0.2, -0.15) is 0 Å². The average Bonchev–Trinajstić information content (AvgIpc) is 2.51. The van der Waals surface area contributed by atoms with Gasteiger partial charge in [0.25, 0.3) is 0 Å². The van der Waals surface area contributed by atoms with Gasteiger partial charge in [0.15, 0.2) is 5.17 Å². The molecule has 0 saturated heterocycles. The van der Waals surface area contributed by atoms with Crippen molar-refractivity contribution in [3.63, 3.8) is 0 Å². The summed E-state index contributed by atoms with van der Waals surface area (Å²) < 4.78 is 5.76. The highest BCUT2D eigenvalue weighted by Gasteiger charge is 2.06. The van der Waals surface area contributed by atoms with Crippen molar-refractivity contribution >= 4 is 22.6 Å². The average molecular weight is 284 g/mol. The van der Waals surface area contributed by atoms with Crippen molar-refractivity contribution in [2.45, 2.75) is 6.42 Å². The number of hydrogen-bond donors (Lipinski definition) is 1. The molecule has 102 valence electrons. The van der Waals surface area contributed by atoms with E-state index in [1.54, 1.807) is 11.8 Å². The maximum absolute atomic E-state index is 5.76. The minimum atomic E-state index is 0.833. The van der Waals surface area contributed by atoms with E-state index in [0.29, 0.717) is 0 Å². The molecule has 2 aromatic rings. The van der Waals surface area contributed by atoms with E-state index in [0.717, 1.165) is 34.7 Å². The third kappa shape index (κ3) is 3.54. The van der Waals surface area contributed by atoms with Crippen LogP contribution in [0.4, 0.5) is 5.69 Å². The van der Waals surface area contributed by atoms with E-state index in [9.17, 15) is 0 Å². The summed E-state index contributed by atoms with van der Waals surface area (Å²) in [6.45, 7) is 0.921. The number of nitrogens with zero attached hydrogens (tertiary/aromatic N) is 1. The fourth-order valence-corrected chi connectivity index (χ4v) is 2.73. The van der Waals surface area contributed by atoms with E-state index in [4.69, 9.17) is 4.74 Å². The normalized spacial score (nSPS) is 14.5. The van der Waals surface area contributed by atoms with Gasteiger partial charge in [0, 0.05) is 18.0 Å². The molecule has 0 aliphatic carbocycles. The predicted octanol–water partition coefficient (Wildman–Crippen LogP) is 4.38. The lowest BCUT2D eigenvalue weighted by molar-refractivity contribution is 0.483. The molecule has 0 atom stereocenters. The van der Waals surface area contributed by atoms with Crippen LogP contribution < -0.4 is 10.1 Å². The van der Waals surface area contributed by atoms with Crippen molar-refractivity contribution in [2.75, 3.05) is 17.6 Å². The Bertz CT molecular complexity index is 581. The first-order chi connectivity index (χ1) is 9.90. The van der Waals surface area contributed by atoms with Crippen molar-refractivity contribution in [1.82, 2.24) is 0 Å². The lowest BCUT2D eigenvalue weighted by Gasteiger charge is -2.13. The molecule has 0 amide bonds. The Kier molecular flexibility index (Phi) is 4.23. The van der Waals surface area contributed by atoms with Crippen molar-refractivity contribution in [3.05, 3.63) is 54.6 Å². The second-order valence-corrected chi connectivity index (χ2v) is 5.54. The quantitative estimate of drug-likeness (QED) is 0.908. The SMILES string of the molecule is c1ccc(Oc2ccc(NC3=NCCCS3)cc2)cc1. The summed E-state index contributed by atoms with van der Waals surface area (Å²) >= 11 is 1.77. The molecule has 0 saturated carbocycles. The number of hydrogen-bond acceptors (Lipinski definition) is 4. The van der Waals surface area contributed by atoms with Crippen LogP contribution in [0.25, 0.3) is 0 Å². The summed E-state index contributed by atoms with van der Waals surface area (Å²) in [5.41, 5.74) is 1.04. The molecular formula is C16H16N2OS. The van der Waals surface area contributed by atoms with Gasteiger partial charge < -0.3 is 10.1 Å². The van der Waals surface area contributed by atoms with E-state index in [2.05, 4.69) is 10.3 Å². The molecule has 3 nitrogen and oxygen atoms in total. The molecule has 2 aromatic carbocycles. The van der Waals surface area contributed by atoms with Crippen LogP contribution in [0, 0.1) is 0 Å². The van der Waals surface area contributed by atoms with Crippen LogP contribution in [0.2, 0.25) is 0 Å². The summed E-state index contributed by atoms with van der Waals surface area (Å²) in [6, 6.07) is 17.7. The number of anilines is 1. The molecule has 4 heteroatoms. The number of amidine groups is 1. The minimum absolute atomic E-state index is 0.833. The van der Waals surface area contributed by atoms with Crippen LogP contribution in [0.3, 0.4) is 0 Å². The number of rotatable bonds is 3. The van der Waals surface area contributed by atoms with Gasteiger partial charge in [-0.15, -0.1) is 0 Å². The Labute approximate surface area is 123 Å². The maximum atomic E-state index is 5.76. The van der Waals surface area contributed by atoms with E-state index in [-0.39, 0.29) is 0 Å². The fourth-order valence-electron chi connectivity index (χ4n) is 1.89. The lowest BCUT2D eigenvalue weighted by Crippen LogP contribution is -2.13. The van der Waals surface area contributed by atoms with E-state index < -0.39 is 0 Å². The Morgan fingerprint density at radius 1 is 0.950 bits per heavy atom. The molecular weight excluding hydrogens is 268 g/mol. The summed E-state index contributed by atoms with van der Waals surface area (Å²) in [5, 5.41) is 4.34. The van der Waals surface area contributed by atoms with Crippen LogP contribution in [0.15, 0.2) is 59.6 Å². The molecule has 3 rings (SSSR count). The zero-order chi connectivity index (χ0) is 13.6. The van der Waals surface area contributed by atoms with Crippen LogP contribution in [0.5, 0.6) is 11.5 Å². The molecule has 0 fully saturated rings. The molecule has 1 aliphatic heterocycles. The Balaban J connectivity index is 1.64. The van der Waals surface area contributed by atoms with Crippen molar-refractivity contribution in [3.8, 4) is 11.5 Å². The zero-order valence-corrected chi connectivity index (χ0v) is 11.9. The van der Waals surface area contributed by atoms with E-state index >= 15 is 0 Å². The number of benzene rings is 2. The van der Waals surface area contributed by atoms with Gasteiger partial charge in [0.2, 0.25) is 0 Å². The first-order valence-electron chi connectivity index (χ1n) is 6.67. The number of ether oxygens (including phenoxy) is 1. The third-order valence-corrected chi connectivity index (χ3v) is 3.88. The van der Waals surface area contributed by atoms with Gasteiger partial charge in [-0.25, -0.2) is 0 Å². The van der Waals surface area contributed by atoms with Crippen molar-refractivity contribution in [2.24, 2.45) is 4.99 Å². The number of nitrogens with one attached hydrogen (secondary N) is 1. The first-order valence-corrected chi connectivity index (χ1v) is 7.66. The first kappa shape index (κ1) is 13.1. The molecule has 0 bridgehead atoms. The minimum Gasteiger partial charge on any atom is -0.457 e. The molecule has 0 radical (unpaired) electrons. The third-order valence-electron chi connectivity index (χ3n) is 2.88. The van der Waals surface area contributed by atoms with Crippen LogP contribution in [-0.2, 0) is 0 Å². The van der Waals surface area contributed by atoms with Gasteiger partial charge in [0.05, 0.1) is 0 Å². The molecule has 1 aliphatic rings. The summed E-state index contributed by atoms with van der Waals surface area (Å²) in [5.74, 6) is 2.82. The number of aliphatic imine (C=N–C) groups is 1. The van der Waals surface area contributed by atoms with Gasteiger partial charge in [-0.1, -0.05) is 30.0 Å². The van der Waals surface area contributed by atoms with Gasteiger partial charge in [-0.05, 0) is 42.8 Å². The molecule has 1 heterocycles. The molecule has 1 N–H and O–H groups in total. The monoisotopic (exact) mass is 284 g/mol. The van der Waals surface area contributed by atoms with Crippen molar-refractivity contribution in [1.29, 1.82) is 0 Å². The topological polar surface area (TPSA) is 33.6 Å². The van der Waals surface area contributed by atoms with Crippen LogP contribution in [-0.4, -0.2) is 17.5 Å². The molecule has 0 spiro atoms. The summed E-state index contributed by atoms with van der Waals surface area (Å²) in [4.78, 5) is 4.45. The summed E-state index contributed by atoms with van der Waals surface area (Å²) in [6.07, 6.45) is 1.17. The molecule has 0 unspecified atom stereocenters. The predicted molar refractivity (Wildman–Crippen MR) is 86.0 cm³/mol. The Morgan fingerprint density at radius 2 is 1.70 bits per heavy atom. The Morgan fingerprint density at radius 3 is 2.40 bits per heavy atom. The smallest absolute Gasteiger partial charge is 0.161 e. The lowest BCUT2D eigenvalue weighted by atomic mass is 10.3.